The van der Waals surface area contributed by atoms with Gasteiger partial charge in [0.05, 0.1) is 0 Å². The number of aryl methyl sites for hydroxylation is 1. The van der Waals surface area contributed by atoms with Crippen LogP contribution in [0.25, 0.3) is 78.6 Å². The summed E-state index contributed by atoms with van der Waals surface area (Å²) in [4.78, 5) is 2.34. The first kappa shape index (κ1) is 36.9. The molecular formula is C60H43NO2. The Bertz CT molecular complexity index is 3310. The molecule has 0 saturated heterocycles. The Morgan fingerprint density at radius 3 is 1.62 bits per heavy atom. The van der Waals surface area contributed by atoms with Crippen LogP contribution in [-0.2, 0) is 6.42 Å². The van der Waals surface area contributed by atoms with Gasteiger partial charge in [0, 0.05) is 50.4 Å². The van der Waals surface area contributed by atoms with Crippen LogP contribution in [0.2, 0.25) is 0 Å². The molecule has 300 valence electrons. The fourth-order valence-corrected chi connectivity index (χ4v) is 9.70. The molecule has 2 heterocycles. The van der Waals surface area contributed by atoms with Gasteiger partial charge in [0.1, 0.15) is 22.7 Å². The number of para-hydroxylation sites is 2. The average Bonchev–Trinajstić information content (AvgIpc) is 3.94. The number of fused-ring (bicyclic) bond motifs is 6. The van der Waals surface area contributed by atoms with E-state index in [1.165, 1.54) is 60.8 Å². The first-order chi connectivity index (χ1) is 31.2. The van der Waals surface area contributed by atoms with Crippen molar-refractivity contribution in [3.05, 3.63) is 234 Å². The van der Waals surface area contributed by atoms with Crippen LogP contribution in [0.3, 0.4) is 0 Å². The second-order valence-corrected chi connectivity index (χ2v) is 16.7. The molecule has 0 bridgehead atoms. The van der Waals surface area contributed by atoms with E-state index in [0.717, 1.165) is 70.1 Å². The normalized spacial score (nSPS) is 14.2. The lowest BCUT2D eigenvalue weighted by atomic mass is 9.86. The lowest BCUT2D eigenvalue weighted by molar-refractivity contribution is 0.517. The first-order valence-electron chi connectivity index (χ1n) is 22.0. The number of hydrogen-bond donors (Lipinski definition) is 0. The van der Waals surface area contributed by atoms with Crippen LogP contribution in [0.4, 0.5) is 17.1 Å². The maximum Gasteiger partial charge on any atom is 0.142 e. The molecule has 1 unspecified atom stereocenters. The summed E-state index contributed by atoms with van der Waals surface area (Å²) in [5.41, 5.74) is 18.4. The molecule has 0 fully saturated rings. The Morgan fingerprint density at radius 1 is 0.429 bits per heavy atom. The molecule has 0 radical (unpaired) electrons. The molecule has 12 rings (SSSR count). The largest absolute Gasteiger partial charge is 0.460 e. The van der Waals surface area contributed by atoms with E-state index in [9.17, 15) is 0 Å². The molecule has 63 heavy (non-hydrogen) atoms. The number of allylic oxidation sites excluding steroid dienone is 2. The summed E-state index contributed by atoms with van der Waals surface area (Å²) >= 11 is 0. The van der Waals surface area contributed by atoms with E-state index >= 15 is 0 Å². The molecule has 8 aromatic carbocycles. The van der Waals surface area contributed by atoms with Gasteiger partial charge >= 0.3 is 0 Å². The van der Waals surface area contributed by atoms with Gasteiger partial charge in [-0.05, 0) is 112 Å². The van der Waals surface area contributed by atoms with Crippen molar-refractivity contribution in [3.63, 3.8) is 0 Å². The minimum Gasteiger partial charge on any atom is -0.460 e. The van der Waals surface area contributed by atoms with Crippen molar-refractivity contribution in [3.8, 4) is 44.5 Å². The van der Waals surface area contributed by atoms with Crippen LogP contribution in [0.15, 0.2) is 215 Å². The molecule has 10 aromatic rings. The molecule has 3 heteroatoms. The van der Waals surface area contributed by atoms with E-state index in [-0.39, 0.29) is 5.92 Å². The Labute approximate surface area is 367 Å². The van der Waals surface area contributed by atoms with Crippen molar-refractivity contribution < 1.29 is 8.83 Å². The molecular weight excluding hydrogens is 767 g/mol. The SMILES string of the molecule is C1=Cc2oc3c(-c4ccc(-c5ccc(N(c6ccc(-c7ccccc7)cc6)c6ccc(-c7ccc(C8CC=Cc9c8oc8ccccc98)cc7)cc6)cc5)cc4)cccc3c2CC1. The van der Waals surface area contributed by atoms with Gasteiger partial charge in [0.25, 0.3) is 0 Å². The van der Waals surface area contributed by atoms with Crippen LogP contribution in [0.1, 0.15) is 47.0 Å². The number of nitrogens with zero attached hydrogens (tertiary/aromatic N) is 1. The third-order valence-electron chi connectivity index (χ3n) is 13.0. The van der Waals surface area contributed by atoms with Crippen molar-refractivity contribution in [2.24, 2.45) is 0 Å². The van der Waals surface area contributed by atoms with Gasteiger partial charge in [-0.2, -0.15) is 0 Å². The minimum atomic E-state index is 0.201. The highest BCUT2D eigenvalue weighted by atomic mass is 16.3. The Hall–Kier alpha value is -7.88. The van der Waals surface area contributed by atoms with Gasteiger partial charge in [-0.15, -0.1) is 0 Å². The summed E-state index contributed by atoms with van der Waals surface area (Å²) in [7, 11) is 0. The number of benzene rings is 8. The Kier molecular flexibility index (Phi) is 9.11. The van der Waals surface area contributed by atoms with Crippen LogP contribution in [0, 0.1) is 0 Å². The van der Waals surface area contributed by atoms with Gasteiger partial charge < -0.3 is 13.7 Å². The van der Waals surface area contributed by atoms with Gasteiger partial charge in [0.2, 0.25) is 0 Å². The molecule has 2 aromatic heterocycles. The van der Waals surface area contributed by atoms with E-state index < -0.39 is 0 Å². The molecule has 0 saturated carbocycles. The zero-order valence-electron chi connectivity index (χ0n) is 34.7. The molecule has 1 atom stereocenters. The van der Waals surface area contributed by atoms with E-state index in [2.05, 4.69) is 217 Å². The number of furan rings is 2. The lowest BCUT2D eigenvalue weighted by Gasteiger charge is -2.26. The quantitative estimate of drug-likeness (QED) is 0.153. The third kappa shape index (κ3) is 6.70. The maximum atomic E-state index is 6.42. The molecule has 0 spiro atoms. The lowest BCUT2D eigenvalue weighted by Crippen LogP contribution is -2.09. The summed E-state index contributed by atoms with van der Waals surface area (Å²) in [6, 6.07) is 70.1. The van der Waals surface area contributed by atoms with Crippen molar-refractivity contribution in [1.82, 2.24) is 0 Å². The van der Waals surface area contributed by atoms with E-state index in [4.69, 9.17) is 8.83 Å². The van der Waals surface area contributed by atoms with Gasteiger partial charge in [0.15, 0.2) is 0 Å². The fourth-order valence-electron chi connectivity index (χ4n) is 9.70. The maximum absolute atomic E-state index is 6.42. The summed E-state index contributed by atoms with van der Waals surface area (Å²) < 4.78 is 12.8. The van der Waals surface area contributed by atoms with Crippen molar-refractivity contribution in [2.75, 3.05) is 4.90 Å². The highest BCUT2D eigenvalue weighted by Crippen LogP contribution is 2.43. The van der Waals surface area contributed by atoms with Crippen LogP contribution in [0.5, 0.6) is 0 Å². The van der Waals surface area contributed by atoms with Crippen molar-refractivity contribution in [1.29, 1.82) is 0 Å². The Balaban J connectivity index is 0.833. The van der Waals surface area contributed by atoms with Gasteiger partial charge in [-0.25, -0.2) is 0 Å². The monoisotopic (exact) mass is 809 g/mol. The zero-order valence-corrected chi connectivity index (χ0v) is 34.7. The molecule has 0 aliphatic heterocycles. The van der Waals surface area contributed by atoms with E-state index in [0.29, 0.717) is 0 Å². The summed E-state index contributed by atoms with van der Waals surface area (Å²) in [5.74, 6) is 2.26. The van der Waals surface area contributed by atoms with Crippen molar-refractivity contribution >= 4 is 51.2 Å². The average molecular weight is 810 g/mol. The number of rotatable bonds is 8. The molecule has 3 nitrogen and oxygen atoms in total. The number of hydrogen-bond acceptors (Lipinski definition) is 3. The summed E-state index contributed by atoms with van der Waals surface area (Å²) in [6.45, 7) is 0. The van der Waals surface area contributed by atoms with E-state index in [1.807, 2.05) is 6.07 Å². The van der Waals surface area contributed by atoms with Crippen LogP contribution >= 0.6 is 0 Å². The second-order valence-electron chi connectivity index (χ2n) is 16.7. The first-order valence-corrected chi connectivity index (χ1v) is 22.0. The second kappa shape index (κ2) is 15.5. The molecule has 2 aliphatic rings. The summed E-state index contributed by atoms with van der Waals surface area (Å²) in [5, 5.41) is 2.41. The topological polar surface area (TPSA) is 29.5 Å². The predicted octanol–water partition coefficient (Wildman–Crippen LogP) is 16.8. The molecule has 0 N–H and O–H groups in total. The predicted molar refractivity (Wildman–Crippen MR) is 262 cm³/mol. The fraction of sp³-hybridized carbons (Fsp3) is 0.0667. The van der Waals surface area contributed by atoms with Crippen LogP contribution < -0.4 is 4.90 Å². The molecule has 2 aliphatic carbocycles. The summed E-state index contributed by atoms with van der Waals surface area (Å²) in [6.07, 6.45) is 11.8. The van der Waals surface area contributed by atoms with Gasteiger partial charge in [-0.1, -0.05) is 170 Å². The zero-order chi connectivity index (χ0) is 41.7. The van der Waals surface area contributed by atoms with Crippen molar-refractivity contribution in [2.45, 2.75) is 25.2 Å². The molecule has 0 amide bonds. The number of anilines is 3. The Morgan fingerprint density at radius 2 is 0.968 bits per heavy atom. The highest BCUT2D eigenvalue weighted by molar-refractivity contribution is 5.97. The third-order valence-corrected chi connectivity index (χ3v) is 13.0. The highest BCUT2D eigenvalue weighted by Gasteiger charge is 2.25. The minimum absolute atomic E-state index is 0.201. The van der Waals surface area contributed by atoms with Gasteiger partial charge in [-0.3, -0.25) is 0 Å². The standard InChI is InChI=1S/C60H43NO2/c1-2-10-40(11-3-1)43-28-34-48(35-29-43)61(49-36-30-44(31-37-49)41-20-24-46(25-21-41)51-14-8-16-55-53-12-4-6-18-57(53)62-59(51)55)50-38-32-45(33-39-50)42-22-26-47(27-23-42)52-15-9-17-56-54-13-5-7-19-58(54)63-60(52)56/h1-4,6-12,15-39,51H,5,13-14H2. The van der Waals surface area contributed by atoms with E-state index in [1.54, 1.807) is 0 Å². The van der Waals surface area contributed by atoms with Crippen LogP contribution in [-0.4, -0.2) is 0 Å². The smallest absolute Gasteiger partial charge is 0.142 e.